The summed E-state index contributed by atoms with van der Waals surface area (Å²) in [5, 5.41) is 9.90. The summed E-state index contributed by atoms with van der Waals surface area (Å²) >= 11 is 0. The number of carbonyl (C=O) groups is 1. The van der Waals surface area contributed by atoms with E-state index >= 15 is 0 Å². The maximum absolute atomic E-state index is 14.3. The molecule has 0 spiro atoms. The largest absolute Gasteiger partial charge is 0.383 e. The molecule has 0 aliphatic rings. The average molecular weight is 314 g/mol. The summed E-state index contributed by atoms with van der Waals surface area (Å²) in [6.45, 7) is 3.47. The van der Waals surface area contributed by atoms with Crippen molar-refractivity contribution in [1.82, 2.24) is 20.2 Å². The van der Waals surface area contributed by atoms with Gasteiger partial charge in [-0.2, -0.15) is 5.10 Å². The van der Waals surface area contributed by atoms with Crippen LogP contribution in [0.1, 0.15) is 13.8 Å². The highest BCUT2D eigenvalue weighted by molar-refractivity contribution is 5.98. The van der Waals surface area contributed by atoms with Gasteiger partial charge >= 0.3 is 0 Å². The Kier molecular flexibility index (Phi) is 3.65. The Bertz CT molecular complexity index is 889. The van der Waals surface area contributed by atoms with Gasteiger partial charge in [0.25, 0.3) is 0 Å². The molecule has 0 radical (unpaired) electrons. The molecule has 1 aromatic carbocycles. The first-order valence-electron chi connectivity index (χ1n) is 7.02. The number of nitrogens with two attached hydrogens (primary N) is 1. The lowest BCUT2D eigenvalue weighted by molar-refractivity contribution is -0.118. The Balaban J connectivity index is 2.01. The van der Waals surface area contributed by atoms with Crippen LogP contribution in [0.15, 0.2) is 24.5 Å². The van der Waals surface area contributed by atoms with E-state index in [1.807, 2.05) is 0 Å². The lowest BCUT2D eigenvalue weighted by Crippen LogP contribution is -2.18. The second-order valence-electron chi connectivity index (χ2n) is 5.39. The first-order chi connectivity index (χ1) is 11.0. The molecular weight excluding hydrogens is 299 g/mol. The van der Waals surface area contributed by atoms with Gasteiger partial charge in [0.05, 0.1) is 16.8 Å². The molecular formula is C15H15FN6O. The van der Waals surface area contributed by atoms with Crippen LogP contribution in [-0.2, 0) is 4.79 Å². The molecule has 0 aliphatic carbocycles. The van der Waals surface area contributed by atoms with E-state index in [0.717, 1.165) is 0 Å². The van der Waals surface area contributed by atoms with Crippen LogP contribution in [0.3, 0.4) is 0 Å². The highest BCUT2D eigenvalue weighted by Crippen LogP contribution is 2.30. The molecule has 2 heterocycles. The fraction of sp³-hybridized carbons (Fsp3) is 0.200. The minimum absolute atomic E-state index is 0.125. The molecule has 4 N–H and O–H groups in total. The van der Waals surface area contributed by atoms with Gasteiger partial charge in [-0.3, -0.25) is 9.89 Å². The van der Waals surface area contributed by atoms with Gasteiger partial charge in [-0.15, -0.1) is 0 Å². The fourth-order valence-corrected chi connectivity index (χ4v) is 2.14. The zero-order chi connectivity index (χ0) is 16.6. The standard InChI is InChI=1S/C15H15FN6O/c1-7(2)15(23)20-10-4-3-8(5-9(10)16)12-11-13(17)18-6-19-14(11)22-21-12/h3-7H,1-2H3,(H,20,23)(H3,17,18,19,21,22). The van der Waals surface area contributed by atoms with E-state index in [1.54, 1.807) is 19.9 Å². The number of hydrogen-bond acceptors (Lipinski definition) is 5. The summed E-state index contributed by atoms with van der Waals surface area (Å²) < 4.78 is 14.3. The average Bonchev–Trinajstić information content (AvgIpc) is 2.94. The number of halogens is 1. The zero-order valence-electron chi connectivity index (χ0n) is 12.6. The zero-order valence-corrected chi connectivity index (χ0v) is 12.6. The molecule has 0 atom stereocenters. The van der Waals surface area contributed by atoms with Crippen molar-refractivity contribution in [3.63, 3.8) is 0 Å². The van der Waals surface area contributed by atoms with Crippen LogP contribution < -0.4 is 11.1 Å². The van der Waals surface area contributed by atoms with E-state index in [4.69, 9.17) is 5.73 Å². The smallest absolute Gasteiger partial charge is 0.227 e. The third kappa shape index (κ3) is 2.70. The summed E-state index contributed by atoms with van der Waals surface area (Å²) in [4.78, 5) is 19.6. The second kappa shape index (κ2) is 5.64. The van der Waals surface area contributed by atoms with Crippen LogP contribution in [0.4, 0.5) is 15.9 Å². The molecule has 0 saturated heterocycles. The van der Waals surface area contributed by atoms with Crippen LogP contribution >= 0.6 is 0 Å². The van der Waals surface area contributed by atoms with E-state index in [0.29, 0.717) is 22.3 Å². The number of aromatic nitrogens is 4. The van der Waals surface area contributed by atoms with Crippen LogP contribution in [-0.4, -0.2) is 26.1 Å². The van der Waals surface area contributed by atoms with E-state index in [2.05, 4.69) is 25.5 Å². The van der Waals surface area contributed by atoms with E-state index in [1.165, 1.54) is 18.5 Å². The topological polar surface area (TPSA) is 110 Å². The lowest BCUT2D eigenvalue weighted by atomic mass is 10.1. The molecule has 3 aromatic rings. The van der Waals surface area contributed by atoms with Gasteiger partial charge in [-0.1, -0.05) is 19.9 Å². The minimum Gasteiger partial charge on any atom is -0.383 e. The highest BCUT2D eigenvalue weighted by Gasteiger charge is 2.15. The Hall–Kier alpha value is -3.03. The Morgan fingerprint density at radius 1 is 1.35 bits per heavy atom. The number of carbonyl (C=O) groups excluding carboxylic acids is 1. The number of anilines is 2. The van der Waals surface area contributed by atoms with Crippen molar-refractivity contribution >= 4 is 28.4 Å². The van der Waals surface area contributed by atoms with Crippen molar-refractivity contribution in [1.29, 1.82) is 0 Å². The number of benzene rings is 1. The first-order valence-corrected chi connectivity index (χ1v) is 7.02. The van der Waals surface area contributed by atoms with E-state index in [9.17, 15) is 9.18 Å². The molecule has 0 bridgehead atoms. The van der Waals surface area contributed by atoms with Crippen LogP contribution in [0.25, 0.3) is 22.3 Å². The molecule has 7 nitrogen and oxygen atoms in total. The van der Waals surface area contributed by atoms with Crippen molar-refractivity contribution in [3.8, 4) is 11.3 Å². The third-order valence-corrected chi connectivity index (χ3v) is 3.42. The highest BCUT2D eigenvalue weighted by atomic mass is 19.1. The predicted molar refractivity (Wildman–Crippen MR) is 85.0 cm³/mol. The van der Waals surface area contributed by atoms with Crippen molar-refractivity contribution in [2.24, 2.45) is 5.92 Å². The second-order valence-corrected chi connectivity index (χ2v) is 5.39. The summed E-state index contributed by atoms with van der Waals surface area (Å²) in [5.74, 6) is -0.769. The number of nitrogens with zero attached hydrogens (tertiary/aromatic N) is 3. The van der Waals surface area contributed by atoms with Crippen LogP contribution in [0.2, 0.25) is 0 Å². The normalized spacial score (nSPS) is 11.1. The minimum atomic E-state index is -0.547. The molecule has 2 aromatic heterocycles. The van der Waals surface area contributed by atoms with Crippen molar-refractivity contribution in [3.05, 3.63) is 30.3 Å². The monoisotopic (exact) mass is 314 g/mol. The first kappa shape index (κ1) is 14.9. The Morgan fingerprint density at radius 2 is 2.13 bits per heavy atom. The molecule has 8 heteroatoms. The number of rotatable bonds is 3. The molecule has 3 rings (SSSR count). The Labute approximate surface area is 131 Å². The summed E-state index contributed by atoms with van der Waals surface area (Å²) in [7, 11) is 0. The van der Waals surface area contributed by atoms with Crippen molar-refractivity contribution in [2.75, 3.05) is 11.1 Å². The molecule has 1 amide bonds. The van der Waals surface area contributed by atoms with Gasteiger partial charge in [-0.05, 0) is 12.1 Å². The number of hydrogen-bond donors (Lipinski definition) is 3. The molecule has 0 saturated carbocycles. The number of aromatic amines is 1. The molecule has 0 fully saturated rings. The van der Waals surface area contributed by atoms with Gasteiger partial charge in [-0.25, -0.2) is 14.4 Å². The third-order valence-electron chi connectivity index (χ3n) is 3.42. The summed E-state index contributed by atoms with van der Waals surface area (Å²) in [6, 6.07) is 4.46. The number of nitrogen functional groups attached to an aromatic ring is 1. The van der Waals surface area contributed by atoms with Gasteiger partial charge in [0.1, 0.15) is 18.0 Å². The lowest BCUT2D eigenvalue weighted by Gasteiger charge is -2.09. The van der Waals surface area contributed by atoms with Gasteiger partial charge in [0.15, 0.2) is 5.65 Å². The summed E-state index contributed by atoms with van der Waals surface area (Å²) in [6.07, 6.45) is 1.31. The Morgan fingerprint density at radius 3 is 2.83 bits per heavy atom. The molecule has 0 aliphatic heterocycles. The SMILES string of the molecule is CC(C)C(=O)Nc1ccc(-c2[nH]nc3ncnc(N)c23)cc1F. The quantitative estimate of drug-likeness (QED) is 0.687. The molecule has 23 heavy (non-hydrogen) atoms. The van der Waals surface area contributed by atoms with Crippen LogP contribution in [0.5, 0.6) is 0 Å². The number of amides is 1. The van der Waals surface area contributed by atoms with E-state index < -0.39 is 5.82 Å². The van der Waals surface area contributed by atoms with Gasteiger partial charge in [0.2, 0.25) is 5.91 Å². The van der Waals surface area contributed by atoms with Gasteiger partial charge in [0, 0.05) is 11.5 Å². The van der Waals surface area contributed by atoms with Gasteiger partial charge < -0.3 is 11.1 Å². The molecule has 118 valence electrons. The van der Waals surface area contributed by atoms with Crippen LogP contribution in [0, 0.1) is 11.7 Å². The number of H-pyrrole nitrogens is 1. The maximum Gasteiger partial charge on any atom is 0.227 e. The molecule has 0 unspecified atom stereocenters. The maximum atomic E-state index is 14.3. The predicted octanol–water partition coefficient (Wildman–Crippen LogP) is 2.34. The summed E-state index contributed by atoms with van der Waals surface area (Å²) in [5.41, 5.74) is 7.44. The number of fused-ring (bicyclic) bond motifs is 1. The number of nitrogens with one attached hydrogen (secondary N) is 2. The van der Waals surface area contributed by atoms with E-state index in [-0.39, 0.29) is 23.3 Å². The van der Waals surface area contributed by atoms with Crippen molar-refractivity contribution in [2.45, 2.75) is 13.8 Å². The fourth-order valence-electron chi connectivity index (χ4n) is 2.14. The van der Waals surface area contributed by atoms with Crippen molar-refractivity contribution < 1.29 is 9.18 Å².